The van der Waals surface area contributed by atoms with Gasteiger partial charge in [0.15, 0.2) is 5.69 Å². The minimum Gasteiger partial charge on any atom is -0.320 e. The lowest BCUT2D eigenvalue weighted by atomic mass is 10.2. The zero-order valence-corrected chi connectivity index (χ0v) is 18.5. The number of benzene rings is 2. The van der Waals surface area contributed by atoms with Gasteiger partial charge < -0.3 is 5.32 Å². The van der Waals surface area contributed by atoms with Gasteiger partial charge in [-0.1, -0.05) is 18.6 Å². The Morgan fingerprint density at radius 2 is 1.72 bits per heavy atom. The van der Waals surface area contributed by atoms with E-state index in [1.807, 2.05) is 31.2 Å². The maximum absolute atomic E-state index is 12.8. The molecule has 1 fully saturated rings. The third-order valence-corrected chi connectivity index (χ3v) is 7.27. The number of hydrogen-bond donors (Lipinski definition) is 1. The lowest BCUT2D eigenvalue weighted by molar-refractivity contribution is 0.101. The highest BCUT2D eigenvalue weighted by Crippen LogP contribution is 2.22. The van der Waals surface area contributed by atoms with E-state index in [1.165, 1.54) is 45.5 Å². The topological polar surface area (TPSA) is 101 Å². The number of amides is 1. The van der Waals surface area contributed by atoms with Gasteiger partial charge in [-0.05, 0) is 61.7 Å². The summed E-state index contributed by atoms with van der Waals surface area (Å²) in [7, 11) is -3.55. The van der Waals surface area contributed by atoms with Gasteiger partial charge in [0.05, 0.1) is 10.6 Å². The van der Waals surface area contributed by atoms with Crippen LogP contribution in [0.1, 0.15) is 35.3 Å². The van der Waals surface area contributed by atoms with Gasteiger partial charge in [-0.3, -0.25) is 9.59 Å². The Bertz CT molecular complexity index is 1290. The van der Waals surface area contributed by atoms with E-state index in [0.29, 0.717) is 18.8 Å². The van der Waals surface area contributed by atoms with E-state index in [9.17, 15) is 18.0 Å². The van der Waals surface area contributed by atoms with Gasteiger partial charge >= 0.3 is 0 Å². The Labute approximate surface area is 186 Å². The van der Waals surface area contributed by atoms with Crippen molar-refractivity contribution < 1.29 is 13.2 Å². The van der Waals surface area contributed by atoms with Gasteiger partial charge in [-0.2, -0.15) is 9.40 Å². The monoisotopic (exact) mass is 452 g/mol. The number of carbonyl (C=O) groups is 1. The average molecular weight is 453 g/mol. The fourth-order valence-corrected chi connectivity index (χ4v) is 5.15. The number of aromatic nitrogens is 2. The van der Waals surface area contributed by atoms with Crippen molar-refractivity contribution in [2.75, 3.05) is 18.4 Å². The van der Waals surface area contributed by atoms with Crippen molar-refractivity contribution in [3.05, 3.63) is 82.3 Å². The minimum atomic E-state index is -3.55. The number of nitrogens with one attached hydrogen (secondary N) is 1. The van der Waals surface area contributed by atoms with E-state index >= 15 is 0 Å². The molecular formula is C23H24N4O4S. The maximum atomic E-state index is 12.8. The highest BCUT2D eigenvalue weighted by Gasteiger charge is 2.25. The number of aryl methyl sites for hydroxylation is 1. The first kappa shape index (κ1) is 21.9. The second-order valence-electron chi connectivity index (χ2n) is 7.76. The number of carbonyl (C=O) groups excluding carboxylic acids is 1. The quantitative estimate of drug-likeness (QED) is 0.641. The third-order valence-electron chi connectivity index (χ3n) is 5.35. The van der Waals surface area contributed by atoms with Crippen LogP contribution in [0.15, 0.2) is 70.5 Å². The molecule has 0 aliphatic carbocycles. The van der Waals surface area contributed by atoms with Gasteiger partial charge in [0, 0.05) is 31.0 Å². The molecule has 0 bridgehead atoms. The molecule has 4 rings (SSSR count). The van der Waals surface area contributed by atoms with Crippen molar-refractivity contribution in [1.82, 2.24) is 14.1 Å². The van der Waals surface area contributed by atoms with Crippen molar-refractivity contribution in [2.24, 2.45) is 0 Å². The molecule has 3 aromatic rings. The molecule has 0 unspecified atom stereocenters. The largest absolute Gasteiger partial charge is 0.320 e. The zero-order chi connectivity index (χ0) is 22.7. The summed E-state index contributed by atoms with van der Waals surface area (Å²) in [6.45, 7) is 2.98. The molecule has 1 N–H and O–H groups in total. The fourth-order valence-electron chi connectivity index (χ4n) is 3.63. The highest BCUT2D eigenvalue weighted by atomic mass is 32.2. The van der Waals surface area contributed by atoms with E-state index in [4.69, 9.17) is 0 Å². The molecule has 0 atom stereocenters. The van der Waals surface area contributed by atoms with E-state index in [2.05, 4.69) is 10.4 Å². The fraction of sp³-hybridized carbons (Fsp3) is 0.261. The van der Waals surface area contributed by atoms with Crippen molar-refractivity contribution in [3.63, 3.8) is 0 Å². The molecule has 0 spiro atoms. The van der Waals surface area contributed by atoms with Crippen LogP contribution in [-0.2, 0) is 10.0 Å². The molecule has 0 radical (unpaired) electrons. The Morgan fingerprint density at radius 3 is 2.41 bits per heavy atom. The molecular weight excluding hydrogens is 428 g/mol. The van der Waals surface area contributed by atoms with Crippen LogP contribution in [0.5, 0.6) is 0 Å². The number of nitrogens with zero attached hydrogens (tertiary/aromatic N) is 3. The highest BCUT2D eigenvalue weighted by molar-refractivity contribution is 7.89. The molecule has 166 valence electrons. The molecule has 32 heavy (non-hydrogen) atoms. The molecule has 9 heteroatoms. The van der Waals surface area contributed by atoms with Gasteiger partial charge in [-0.15, -0.1) is 0 Å². The Morgan fingerprint density at radius 1 is 1.00 bits per heavy atom. The van der Waals surface area contributed by atoms with Gasteiger partial charge in [-0.25, -0.2) is 13.1 Å². The van der Waals surface area contributed by atoms with Crippen LogP contribution in [0.3, 0.4) is 0 Å². The summed E-state index contributed by atoms with van der Waals surface area (Å²) < 4.78 is 28.5. The van der Waals surface area contributed by atoms with Crippen molar-refractivity contribution >= 4 is 21.6 Å². The standard InChI is InChI=1S/C23H24N4O4S/c1-17-6-5-7-19(16-17)27-15-12-21(28)22(25-27)23(29)24-18-8-10-20(11-9-18)32(30,31)26-13-3-2-4-14-26/h5-12,15-16H,2-4,13-14H2,1H3,(H,24,29). The second kappa shape index (κ2) is 9.05. The van der Waals surface area contributed by atoms with E-state index < -0.39 is 21.4 Å². The summed E-state index contributed by atoms with van der Waals surface area (Å²) in [5.74, 6) is -0.663. The molecule has 1 aliphatic rings. The first-order valence-electron chi connectivity index (χ1n) is 10.4. The molecule has 1 saturated heterocycles. The average Bonchev–Trinajstić information content (AvgIpc) is 2.80. The Balaban J connectivity index is 1.53. The van der Waals surface area contributed by atoms with Crippen molar-refractivity contribution in [2.45, 2.75) is 31.1 Å². The minimum absolute atomic E-state index is 0.178. The number of piperidine rings is 1. The van der Waals surface area contributed by atoms with Gasteiger partial charge in [0.1, 0.15) is 0 Å². The first-order valence-corrected chi connectivity index (χ1v) is 11.9. The molecule has 1 aromatic heterocycles. The Kier molecular flexibility index (Phi) is 6.20. The van der Waals surface area contributed by atoms with Crippen LogP contribution in [0.25, 0.3) is 5.69 Å². The third kappa shape index (κ3) is 4.63. The van der Waals surface area contributed by atoms with E-state index in [1.54, 1.807) is 0 Å². The lowest BCUT2D eigenvalue weighted by Crippen LogP contribution is -2.35. The van der Waals surface area contributed by atoms with Gasteiger partial charge in [0.25, 0.3) is 5.91 Å². The predicted molar refractivity (Wildman–Crippen MR) is 122 cm³/mol. The zero-order valence-electron chi connectivity index (χ0n) is 17.7. The van der Waals surface area contributed by atoms with Crippen LogP contribution in [0.2, 0.25) is 0 Å². The first-order chi connectivity index (χ1) is 15.3. The Hall–Kier alpha value is -3.30. The summed E-state index contributed by atoms with van der Waals surface area (Å²) >= 11 is 0. The van der Waals surface area contributed by atoms with Crippen LogP contribution in [0.4, 0.5) is 5.69 Å². The molecule has 2 aromatic carbocycles. The van der Waals surface area contributed by atoms with Gasteiger partial charge in [0.2, 0.25) is 15.5 Å². The van der Waals surface area contributed by atoms with E-state index in [-0.39, 0.29) is 10.6 Å². The predicted octanol–water partition coefficient (Wildman–Crippen LogP) is 2.97. The van der Waals surface area contributed by atoms with E-state index in [0.717, 1.165) is 30.5 Å². The number of sulfonamides is 1. The number of rotatable bonds is 5. The maximum Gasteiger partial charge on any atom is 0.280 e. The summed E-state index contributed by atoms with van der Waals surface area (Å²) in [6.07, 6.45) is 4.26. The molecule has 1 aliphatic heterocycles. The molecule has 8 nitrogen and oxygen atoms in total. The van der Waals surface area contributed by atoms with Crippen LogP contribution < -0.4 is 10.7 Å². The molecule has 0 saturated carbocycles. The van der Waals surface area contributed by atoms with Crippen LogP contribution in [-0.4, -0.2) is 41.5 Å². The summed E-state index contributed by atoms with van der Waals surface area (Å²) in [4.78, 5) is 25.1. The summed E-state index contributed by atoms with van der Waals surface area (Å²) in [6, 6.07) is 14.8. The lowest BCUT2D eigenvalue weighted by Gasteiger charge is -2.25. The van der Waals surface area contributed by atoms with Crippen molar-refractivity contribution in [3.8, 4) is 5.69 Å². The normalized spacial score (nSPS) is 14.8. The number of anilines is 1. The van der Waals surface area contributed by atoms with Crippen LogP contribution in [0, 0.1) is 6.92 Å². The molecule has 1 amide bonds. The second-order valence-corrected chi connectivity index (χ2v) is 9.69. The summed E-state index contributed by atoms with van der Waals surface area (Å²) in [5.41, 5.74) is 1.37. The summed E-state index contributed by atoms with van der Waals surface area (Å²) in [5, 5.41) is 6.81. The van der Waals surface area contributed by atoms with Crippen LogP contribution >= 0.6 is 0 Å². The molecule has 2 heterocycles. The van der Waals surface area contributed by atoms with Crippen molar-refractivity contribution in [1.29, 1.82) is 0 Å². The smallest absolute Gasteiger partial charge is 0.280 e. The SMILES string of the molecule is Cc1cccc(-n2ccc(=O)c(C(=O)Nc3ccc(S(=O)(=O)N4CCCCC4)cc3)n2)c1. The number of hydrogen-bond acceptors (Lipinski definition) is 5.